The molecule has 0 unspecified atom stereocenters. The number of ether oxygens (including phenoxy) is 1. The molecule has 1 aliphatic rings. The summed E-state index contributed by atoms with van der Waals surface area (Å²) < 4.78 is 7.67. The maximum atomic E-state index is 11.0. The first-order chi connectivity index (χ1) is 9.54. The van der Waals surface area contributed by atoms with Crippen LogP contribution in [0.5, 0.6) is 0 Å². The van der Waals surface area contributed by atoms with Gasteiger partial charge in [-0.25, -0.2) is 9.78 Å². The highest BCUT2D eigenvalue weighted by Gasteiger charge is 2.38. The van der Waals surface area contributed by atoms with Gasteiger partial charge in [0, 0.05) is 20.6 Å². The normalized spacial score (nSPS) is 17.1. The van der Waals surface area contributed by atoms with Crippen molar-refractivity contribution in [2.75, 3.05) is 7.11 Å². The maximum absolute atomic E-state index is 11.0. The first kappa shape index (κ1) is 13.1. The fourth-order valence-electron chi connectivity index (χ4n) is 2.85. The summed E-state index contributed by atoms with van der Waals surface area (Å²) in [5.41, 5.74) is 1.88. The van der Waals surface area contributed by atoms with Crippen molar-refractivity contribution in [2.24, 2.45) is 7.05 Å². The zero-order valence-corrected chi connectivity index (χ0v) is 11.7. The number of aromatic nitrogens is 2. The van der Waals surface area contributed by atoms with E-state index in [1.807, 2.05) is 17.7 Å². The number of imidazole rings is 1. The van der Waals surface area contributed by atoms with E-state index in [0.717, 1.165) is 36.1 Å². The third-order valence-electron chi connectivity index (χ3n) is 4.40. The number of carbonyl (C=O) groups is 1. The van der Waals surface area contributed by atoms with Gasteiger partial charge in [-0.2, -0.15) is 0 Å². The third-order valence-corrected chi connectivity index (χ3v) is 4.40. The summed E-state index contributed by atoms with van der Waals surface area (Å²) in [6.07, 6.45) is 4.10. The number of methoxy groups -OCH3 is 1. The van der Waals surface area contributed by atoms with E-state index >= 15 is 0 Å². The monoisotopic (exact) mass is 274 g/mol. The van der Waals surface area contributed by atoms with Crippen molar-refractivity contribution in [1.82, 2.24) is 9.55 Å². The van der Waals surface area contributed by atoms with Gasteiger partial charge in [-0.05, 0) is 37.5 Å². The van der Waals surface area contributed by atoms with E-state index in [2.05, 4.69) is 4.98 Å². The largest absolute Gasteiger partial charge is 0.478 e. The average molecular weight is 274 g/mol. The Bertz CT molecular complexity index is 666. The lowest BCUT2D eigenvalue weighted by Gasteiger charge is -2.40. The SMILES string of the molecule is COC1(Cc2nc3cc(C(=O)O)ccc3n2C)CCC1. The topological polar surface area (TPSA) is 64.3 Å². The molecule has 1 heterocycles. The fourth-order valence-corrected chi connectivity index (χ4v) is 2.85. The van der Waals surface area contributed by atoms with Gasteiger partial charge in [0.15, 0.2) is 0 Å². The van der Waals surface area contributed by atoms with Crippen LogP contribution < -0.4 is 0 Å². The van der Waals surface area contributed by atoms with Crippen molar-refractivity contribution in [2.45, 2.75) is 31.3 Å². The Balaban J connectivity index is 1.99. The number of aromatic carboxylic acids is 1. The number of rotatable bonds is 4. The molecule has 1 aromatic heterocycles. The molecule has 0 aliphatic heterocycles. The third kappa shape index (κ3) is 1.98. The predicted molar refractivity (Wildman–Crippen MR) is 75.0 cm³/mol. The molecule has 3 rings (SSSR count). The highest BCUT2D eigenvalue weighted by atomic mass is 16.5. The molecule has 0 saturated heterocycles. The van der Waals surface area contributed by atoms with Crippen LogP contribution in [0.15, 0.2) is 18.2 Å². The lowest BCUT2D eigenvalue weighted by Crippen LogP contribution is -2.41. The van der Waals surface area contributed by atoms with Gasteiger partial charge in [0.25, 0.3) is 0 Å². The van der Waals surface area contributed by atoms with Crippen LogP contribution in [0.2, 0.25) is 0 Å². The molecular formula is C15H18N2O3. The first-order valence-corrected chi connectivity index (χ1v) is 6.78. The van der Waals surface area contributed by atoms with Crippen molar-refractivity contribution in [3.05, 3.63) is 29.6 Å². The van der Waals surface area contributed by atoms with Gasteiger partial charge in [0.1, 0.15) is 5.82 Å². The number of benzene rings is 1. The first-order valence-electron chi connectivity index (χ1n) is 6.78. The standard InChI is InChI=1S/C15H18N2O3/c1-17-12-5-4-10(14(18)19)8-11(12)16-13(17)9-15(20-2)6-3-7-15/h4-5,8H,3,6-7,9H2,1-2H3,(H,18,19). The smallest absolute Gasteiger partial charge is 0.335 e. The Kier molecular flexibility index (Phi) is 3.01. The second-order valence-electron chi connectivity index (χ2n) is 5.51. The Morgan fingerprint density at radius 1 is 1.50 bits per heavy atom. The molecule has 0 spiro atoms. The van der Waals surface area contributed by atoms with Crippen LogP contribution in [-0.2, 0) is 18.2 Å². The summed E-state index contributed by atoms with van der Waals surface area (Å²) in [5, 5.41) is 9.04. The number of hydrogen-bond donors (Lipinski definition) is 1. The molecule has 0 atom stereocenters. The van der Waals surface area contributed by atoms with Crippen LogP contribution >= 0.6 is 0 Å². The molecule has 5 nitrogen and oxygen atoms in total. The van der Waals surface area contributed by atoms with Crippen molar-refractivity contribution in [1.29, 1.82) is 0 Å². The van der Waals surface area contributed by atoms with E-state index < -0.39 is 5.97 Å². The Morgan fingerprint density at radius 2 is 2.25 bits per heavy atom. The molecule has 1 N–H and O–H groups in total. The lowest BCUT2D eigenvalue weighted by atomic mass is 9.77. The van der Waals surface area contributed by atoms with Gasteiger partial charge in [0.2, 0.25) is 0 Å². The highest BCUT2D eigenvalue weighted by Crippen LogP contribution is 2.38. The average Bonchev–Trinajstić information content (AvgIpc) is 2.70. The van der Waals surface area contributed by atoms with Crippen molar-refractivity contribution < 1.29 is 14.6 Å². The van der Waals surface area contributed by atoms with Crippen LogP contribution in [0.3, 0.4) is 0 Å². The number of carboxylic acid groups (broad SMARTS) is 1. The molecule has 5 heteroatoms. The number of aryl methyl sites for hydroxylation is 1. The molecule has 0 bridgehead atoms. The Hall–Kier alpha value is -1.88. The number of carboxylic acids is 1. The number of hydrogen-bond acceptors (Lipinski definition) is 3. The summed E-state index contributed by atoms with van der Waals surface area (Å²) in [6, 6.07) is 5.06. The van der Waals surface area contributed by atoms with Crippen LogP contribution in [0, 0.1) is 0 Å². The molecule has 0 radical (unpaired) electrons. The maximum Gasteiger partial charge on any atom is 0.335 e. The van der Waals surface area contributed by atoms with E-state index in [4.69, 9.17) is 9.84 Å². The van der Waals surface area contributed by atoms with Crippen LogP contribution in [0.4, 0.5) is 0 Å². The minimum absolute atomic E-state index is 0.0786. The van der Waals surface area contributed by atoms with Gasteiger partial charge < -0.3 is 14.4 Å². The second kappa shape index (κ2) is 4.59. The molecule has 20 heavy (non-hydrogen) atoms. The lowest BCUT2D eigenvalue weighted by molar-refractivity contribution is -0.0724. The minimum Gasteiger partial charge on any atom is -0.478 e. The van der Waals surface area contributed by atoms with Crippen LogP contribution in [0.1, 0.15) is 35.4 Å². The Labute approximate surface area is 117 Å². The van der Waals surface area contributed by atoms with E-state index in [0.29, 0.717) is 0 Å². The van der Waals surface area contributed by atoms with Crippen molar-refractivity contribution >= 4 is 17.0 Å². The molecule has 1 aromatic carbocycles. The molecule has 1 aliphatic carbocycles. The molecule has 2 aromatic rings. The van der Waals surface area contributed by atoms with E-state index in [1.165, 1.54) is 6.42 Å². The molecular weight excluding hydrogens is 256 g/mol. The van der Waals surface area contributed by atoms with E-state index in [1.54, 1.807) is 19.2 Å². The predicted octanol–water partition coefficient (Wildman–Crippen LogP) is 2.38. The quantitative estimate of drug-likeness (QED) is 0.929. The fraction of sp³-hybridized carbons (Fsp3) is 0.467. The van der Waals surface area contributed by atoms with Gasteiger partial charge >= 0.3 is 5.97 Å². The second-order valence-corrected chi connectivity index (χ2v) is 5.51. The van der Waals surface area contributed by atoms with E-state index in [9.17, 15) is 4.79 Å². The molecule has 1 saturated carbocycles. The van der Waals surface area contributed by atoms with E-state index in [-0.39, 0.29) is 11.2 Å². The van der Waals surface area contributed by atoms with Crippen LogP contribution in [-0.4, -0.2) is 33.3 Å². The summed E-state index contributed by atoms with van der Waals surface area (Å²) >= 11 is 0. The molecule has 0 amide bonds. The Morgan fingerprint density at radius 3 is 2.80 bits per heavy atom. The van der Waals surface area contributed by atoms with Gasteiger partial charge in [-0.1, -0.05) is 0 Å². The minimum atomic E-state index is -0.925. The zero-order chi connectivity index (χ0) is 14.3. The van der Waals surface area contributed by atoms with Crippen LogP contribution in [0.25, 0.3) is 11.0 Å². The molecule has 1 fully saturated rings. The summed E-state index contributed by atoms with van der Waals surface area (Å²) in [6.45, 7) is 0. The highest BCUT2D eigenvalue weighted by molar-refractivity contribution is 5.92. The summed E-state index contributed by atoms with van der Waals surface area (Å²) in [5.74, 6) is 0.0237. The van der Waals surface area contributed by atoms with Crippen molar-refractivity contribution in [3.8, 4) is 0 Å². The van der Waals surface area contributed by atoms with Gasteiger partial charge in [-0.15, -0.1) is 0 Å². The van der Waals surface area contributed by atoms with Crippen molar-refractivity contribution in [3.63, 3.8) is 0 Å². The van der Waals surface area contributed by atoms with Gasteiger partial charge in [-0.3, -0.25) is 0 Å². The number of fused-ring (bicyclic) bond motifs is 1. The van der Waals surface area contributed by atoms with Gasteiger partial charge in [0.05, 0.1) is 22.2 Å². The summed E-state index contributed by atoms with van der Waals surface area (Å²) in [7, 11) is 3.72. The molecule has 106 valence electrons. The zero-order valence-electron chi connectivity index (χ0n) is 11.7. The number of nitrogens with zero attached hydrogens (tertiary/aromatic N) is 2. The summed E-state index contributed by atoms with van der Waals surface area (Å²) in [4.78, 5) is 15.6.